The molecule has 0 spiro atoms. The van der Waals surface area contributed by atoms with E-state index < -0.39 is 0 Å². The second-order valence-corrected chi connectivity index (χ2v) is 6.85. The number of carbonyl (C=O) groups is 1. The number of aliphatic hydroxyl groups excluding tert-OH is 1. The first kappa shape index (κ1) is 22.2. The summed E-state index contributed by atoms with van der Waals surface area (Å²) in [6, 6.07) is 11.7. The molecule has 2 aromatic carbocycles. The fourth-order valence-electron chi connectivity index (χ4n) is 2.81. The highest BCUT2D eigenvalue weighted by Gasteiger charge is 2.13. The molecule has 0 bridgehead atoms. The van der Waals surface area contributed by atoms with Gasteiger partial charge in [0.2, 0.25) is 0 Å². The normalized spacial score (nSPS) is 10.4. The standard InChI is InChI=1S/C22H21ClN4O4/c1-2-25-22(29)27-18-5-4-15(11-17(18)23)31-20-6-7-26-19-12-21(30-9-3-8-28)14(13-24)10-16(19)20/h4-7,10-12,28H,2-3,8-9H2,1H3,(H2,25,27,29). The van der Waals surface area contributed by atoms with Gasteiger partial charge in [0.25, 0.3) is 0 Å². The number of carbonyl (C=O) groups excluding carboxylic acids is 1. The van der Waals surface area contributed by atoms with Gasteiger partial charge in [-0.3, -0.25) is 4.98 Å². The van der Waals surface area contributed by atoms with Crippen LogP contribution in [-0.4, -0.2) is 35.9 Å². The predicted molar refractivity (Wildman–Crippen MR) is 118 cm³/mol. The van der Waals surface area contributed by atoms with Crippen molar-refractivity contribution >= 4 is 34.2 Å². The van der Waals surface area contributed by atoms with E-state index in [0.29, 0.717) is 64.0 Å². The molecule has 31 heavy (non-hydrogen) atoms. The van der Waals surface area contributed by atoms with E-state index in [9.17, 15) is 10.1 Å². The molecule has 0 fully saturated rings. The molecule has 2 amide bonds. The van der Waals surface area contributed by atoms with Crippen LogP contribution in [0.2, 0.25) is 5.02 Å². The number of pyridine rings is 1. The van der Waals surface area contributed by atoms with Crippen molar-refractivity contribution in [2.75, 3.05) is 25.1 Å². The first-order chi connectivity index (χ1) is 15.0. The molecule has 9 heteroatoms. The van der Waals surface area contributed by atoms with Crippen LogP contribution in [0.1, 0.15) is 18.9 Å². The van der Waals surface area contributed by atoms with Gasteiger partial charge in [-0.25, -0.2) is 4.79 Å². The molecule has 3 aromatic rings. The third-order valence-corrected chi connectivity index (χ3v) is 4.55. The number of nitrogens with one attached hydrogen (secondary N) is 2. The second kappa shape index (κ2) is 10.5. The van der Waals surface area contributed by atoms with E-state index in [1.165, 1.54) is 0 Å². The lowest BCUT2D eigenvalue weighted by Gasteiger charge is -2.13. The molecule has 1 heterocycles. The number of benzene rings is 2. The molecular weight excluding hydrogens is 420 g/mol. The average molecular weight is 441 g/mol. The highest BCUT2D eigenvalue weighted by Crippen LogP contribution is 2.35. The zero-order chi connectivity index (χ0) is 22.2. The Morgan fingerprint density at radius 1 is 1.26 bits per heavy atom. The predicted octanol–water partition coefficient (Wildman–Crippen LogP) is 4.45. The molecule has 0 saturated carbocycles. The summed E-state index contributed by atoms with van der Waals surface area (Å²) in [6.07, 6.45) is 2.05. The first-order valence-electron chi connectivity index (χ1n) is 9.64. The van der Waals surface area contributed by atoms with Crippen molar-refractivity contribution in [3.63, 3.8) is 0 Å². The maximum Gasteiger partial charge on any atom is 0.319 e. The van der Waals surface area contributed by atoms with E-state index in [1.54, 1.807) is 42.6 Å². The molecule has 0 aliphatic heterocycles. The van der Waals surface area contributed by atoms with Crippen LogP contribution in [-0.2, 0) is 0 Å². The summed E-state index contributed by atoms with van der Waals surface area (Å²) < 4.78 is 11.6. The van der Waals surface area contributed by atoms with E-state index in [1.807, 2.05) is 6.92 Å². The minimum atomic E-state index is -0.348. The molecule has 0 aliphatic rings. The largest absolute Gasteiger partial charge is 0.492 e. The van der Waals surface area contributed by atoms with Gasteiger partial charge in [-0.05, 0) is 31.2 Å². The van der Waals surface area contributed by atoms with Gasteiger partial charge in [0.1, 0.15) is 23.3 Å². The lowest BCUT2D eigenvalue weighted by molar-refractivity contribution is 0.233. The van der Waals surface area contributed by atoms with E-state index >= 15 is 0 Å². The Balaban J connectivity index is 1.87. The van der Waals surface area contributed by atoms with Crippen LogP contribution in [0.4, 0.5) is 10.5 Å². The van der Waals surface area contributed by atoms with Crippen molar-refractivity contribution in [2.45, 2.75) is 13.3 Å². The van der Waals surface area contributed by atoms with Crippen molar-refractivity contribution in [2.24, 2.45) is 0 Å². The number of ether oxygens (including phenoxy) is 2. The van der Waals surface area contributed by atoms with E-state index in [2.05, 4.69) is 21.7 Å². The van der Waals surface area contributed by atoms with Crippen molar-refractivity contribution in [1.82, 2.24) is 10.3 Å². The van der Waals surface area contributed by atoms with Crippen LogP contribution in [0.5, 0.6) is 17.2 Å². The SMILES string of the molecule is CCNC(=O)Nc1ccc(Oc2ccnc3cc(OCCCO)c(C#N)cc23)cc1Cl. The Hall–Kier alpha value is -3.54. The zero-order valence-electron chi connectivity index (χ0n) is 16.8. The number of hydrogen-bond acceptors (Lipinski definition) is 6. The van der Waals surface area contributed by atoms with Crippen LogP contribution in [0, 0.1) is 11.3 Å². The molecule has 0 aliphatic carbocycles. The maximum atomic E-state index is 11.7. The topological polar surface area (TPSA) is 116 Å². The molecule has 0 atom stereocenters. The number of anilines is 1. The third-order valence-electron chi connectivity index (χ3n) is 4.24. The Labute approximate surface area is 184 Å². The van der Waals surface area contributed by atoms with E-state index in [0.717, 1.165) is 0 Å². The van der Waals surface area contributed by atoms with Crippen molar-refractivity contribution in [3.05, 3.63) is 53.2 Å². The number of rotatable bonds is 8. The van der Waals surface area contributed by atoms with Crippen LogP contribution in [0.25, 0.3) is 10.9 Å². The van der Waals surface area contributed by atoms with Crippen LogP contribution in [0.3, 0.4) is 0 Å². The van der Waals surface area contributed by atoms with Gasteiger partial charge >= 0.3 is 6.03 Å². The summed E-state index contributed by atoms with van der Waals surface area (Å²) >= 11 is 6.27. The summed E-state index contributed by atoms with van der Waals surface area (Å²) in [5, 5.41) is 24.7. The summed E-state index contributed by atoms with van der Waals surface area (Å²) in [5.41, 5.74) is 1.38. The van der Waals surface area contributed by atoms with Gasteiger partial charge in [-0.15, -0.1) is 0 Å². The Morgan fingerprint density at radius 2 is 2.10 bits per heavy atom. The number of urea groups is 1. The molecule has 0 radical (unpaired) electrons. The molecule has 0 unspecified atom stereocenters. The molecule has 8 nitrogen and oxygen atoms in total. The second-order valence-electron chi connectivity index (χ2n) is 6.44. The van der Waals surface area contributed by atoms with Gasteiger partial charge in [0.05, 0.1) is 28.4 Å². The van der Waals surface area contributed by atoms with Gasteiger partial charge in [0.15, 0.2) is 0 Å². The summed E-state index contributed by atoms with van der Waals surface area (Å²) in [7, 11) is 0. The maximum absolute atomic E-state index is 11.7. The molecule has 3 rings (SSSR count). The van der Waals surface area contributed by atoms with Crippen LogP contribution >= 0.6 is 11.6 Å². The van der Waals surface area contributed by atoms with Gasteiger partial charge in [-0.1, -0.05) is 11.6 Å². The molecule has 1 aromatic heterocycles. The fourth-order valence-corrected chi connectivity index (χ4v) is 3.02. The van der Waals surface area contributed by atoms with Gasteiger partial charge < -0.3 is 25.2 Å². The fraction of sp³-hybridized carbons (Fsp3) is 0.227. The lowest BCUT2D eigenvalue weighted by Crippen LogP contribution is -2.28. The highest BCUT2D eigenvalue weighted by molar-refractivity contribution is 6.33. The van der Waals surface area contributed by atoms with Crippen molar-refractivity contribution < 1.29 is 19.4 Å². The molecule has 160 valence electrons. The number of nitriles is 1. The monoisotopic (exact) mass is 440 g/mol. The minimum Gasteiger partial charge on any atom is -0.492 e. The number of hydrogen-bond donors (Lipinski definition) is 3. The van der Waals surface area contributed by atoms with Crippen molar-refractivity contribution in [1.29, 1.82) is 5.26 Å². The molecular formula is C22H21ClN4O4. The summed E-state index contributed by atoms with van der Waals surface area (Å²) in [5.74, 6) is 1.35. The van der Waals surface area contributed by atoms with Gasteiger partial charge in [0, 0.05) is 43.3 Å². The number of nitrogens with zero attached hydrogens (tertiary/aromatic N) is 2. The van der Waals surface area contributed by atoms with Crippen LogP contribution in [0.15, 0.2) is 42.6 Å². The molecule has 0 saturated heterocycles. The zero-order valence-corrected chi connectivity index (χ0v) is 17.6. The number of fused-ring (bicyclic) bond motifs is 1. The third kappa shape index (κ3) is 5.54. The molecule has 3 N–H and O–H groups in total. The van der Waals surface area contributed by atoms with Crippen molar-refractivity contribution in [3.8, 4) is 23.3 Å². The lowest BCUT2D eigenvalue weighted by atomic mass is 10.1. The number of amides is 2. The average Bonchev–Trinajstić information content (AvgIpc) is 2.76. The Morgan fingerprint density at radius 3 is 2.81 bits per heavy atom. The number of aliphatic hydroxyl groups is 1. The highest BCUT2D eigenvalue weighted by atomic mass is 35.5. The number of halogens is 1. The Kier molecular flexibility index (Phi) is 7.49. The first-order valence-corrected chi connectivity index (χ1v) is 10.0. The van der Waals surface area contributed by atoms with E-state index in [4.69, 9.17) is 26.2 Å². The van der Waals surface area contributed by atoms with Gasteiger partial charge in [-0.2, -0.15) is 5.26 Å². The smallest absolute Gasteiger partial charge is 0.319 e. The summed E-state index contributed by atoms with van der Waals surface area (Å²) in [6.45, 7) is 2.62. The minimum absolute atomic E-state index is 0.00581. The Bertz CT molecular complexity index is 1130. The van der Waals surface area contributed by atoms with Crippen LogP contribution < -0.4 is 20.1 Å². The van der Waals surface area contributed by atoms with E-state index in [-0.39, 0.29) is 12.6 Å². The summed E-state index contributed by atoms with van der Waals surface area (Å²) in [4.78, 5) is 16.0. The quantitative estimate of drug-likeness (QED) is 0.445. The number of aromatic nitrogens is 1.